The number of rotatable bonds is 8. The lowest BCUT2D eigenvalue weighted by atomic mass is 10.1. The smallest absolute Gasteiger partial charge is 0.218 e. The second kappa shape index (κ2) is 7.81. The first-order chi connectivity index (χ1) is 9.49. The molecule has 0 aliphatic heterocycles. The van der Waals surface area contributed by atoms with E-state index in [1.54, 1.807) is 13.8 Å². The highest BCUT2D eigenvalue weighted by Gasteiger charge is 2.23. The summed E-state index contributed by atoms with van der Waals surface area (Å²) >= 11 is 0. The lowest BCUT2D eigenvalue weighted by Crippen LogP contribution is -2.29. The number of carbonyl (C=O) groups excluding carboxylic acids is 2. The van der Waals surface area contributed by atoms with Crippen LogP contribution in [0.25, 0.3) is 0 Å². The molecule has 0 radical (unpaired) electrons. The van der Waals surface area contributed by atoms with Crippen molar-refractivity contribution in [3.63, 3.8) is 0 Å². The van der Waals surface area contributed by atoms with Gasteiger partial charge in [-0.05, 0) is 26.0 Å². The zero-order chi connectivity index (χ0) is 15.1. The highest BCUT2D eigenvalue weighted by atomic mass is 19.1. The number of carbonyl (C=O) groups is 2. The second-order valence-electron chi connectivity index (χ2n) is 3.93. The van der Waals surface area contributed by atoms with E-state index in [9.17, 15) is 18.4 Å². The van der Waals surface area contributed by atoms with Crippen molar-refractivity contribution in [3.8, 4) is 0 Å². The van der Waals surface area contributed by atoms with E-state index in [0.29, 0.717) is 6.07 Å². The molecule has 0 N–H and O–H groups in total. The molecule has 0 saturated heterocycles. The molecule has 1 aromatic carbocycles. The SMILES string of the molecule is CCOC(OCC)C(=O)CC(=O)c1ccc(F)cc1F. The third-order valence-electron chi connectivity index (χ3n) is 2.47. The Morgan fingerprint density at radius 1 is 1.15 bits per heavy atom. The van der Waals surface area contributed by atoms with Crippen LogP contribution in [0.1, 0.15) is 30.6 Å². The van der Waals surface area contributed by atoms with Crippen LogP contribution >= 0.6 is 0 Å². The van der Waals surface area contributed by atoms with Gasteiger partial charge in [0.15, 0.2) is 11.6 Å². The van der Waals surface area contributed by atoms with E-state index in [4.69, 9.17) is 9.47 Å². The molecule has 20 heavy (non-hydrogen) atoms. The van der Waals surface area contributed by atoms with Crippen molar-refractivity contribution in [2.75, 3.05) is 13.2 Å². The van der Waals surface area contributed by atoms with Gasteiger partial charge in [0, 0.05) is 19.3 Å². The predicted octanol–water partition coefficient (Wildman–Crippen LogP) is 2.51. The average Bonchev–Trinajstić information content (AvgIpc) is 2.38. The molecular formula is C14H16F2O4. The first kappa shape index (κ1) is 16.4. The molecular weight excluding hydrogens is 270 g/mol. The molecule has 0 heterocycles. The lowest BCUT2D eigenvalue weighted by molar-refractivity contribution is -0.166. The number of ether oxygens (including phenoxy) is 2. The second-order valence-corrected chi connectivity index (χ2v) is 3.93. The Kier molecular flexibility index (Phi) is 6.41. The zero-order valence-electron chi connectivity index (χ0n) is 11.3. The molecule has 0 bridgehead atoms. The van der Waals surface area contributed by atoms with Crippen LogP contribution in [-0.4, -0.2) is 31.1 Å². The summed E-state index contributed by atoms with van der Waals surface area (Å²) in [6, 6.07) is 2.57. The largest absolute Gasteiger partial charge is 0.346 e. The van der Waals surface area contributed by atoms with Crippen molar-refractivity contribution in [3.05, 3.63) is 35.4 Å². The fourth-order valence-electron chi connectivity index (χ4n) is 1.59. The minimum Gasteiger partial charge on any atom is -0.346 e. The molecule has 0 aliphatic carbocycles. The number of ketones is 2. The van der Waals surface area contributed by atoms with Gasteiger partial charge >= 0.3 is 0 Å². The predicted molar refractivity (Wildman–Crippen MR) is 67.4 cm³/mol. The fraction of sp³-hybridized carbons (Fsp3) is 0.429. The molecule has 4 nitrogen and oxygen atoms in total. The quantitative estimate of drug-likeness (QED) is 0.418. The van der Waals surface area contributed by atoms with Crippen molar-refractivity contribution in [1.29, 1.82) is 0 Å². The standard InChI is InChI=1S/C14H16F2O4/c1-3-19-14(20-4-2)13(18)8-12(17)10-6-5-9(15)7-11(10)16/h5-7,14H,3-4,8H2,1-2H3. The van der Waals surface area contributed by atoms with Gasteiger partial charge in [-0.15, -0.1) is 0 Å². The summed E-state index contributed by atoms with van der Waals surface area (Å²) < 4.78 is 36.3. The van der Waals surface area contributed by atoms with Gasteiger partial charge < -0.3 is 9.47 Å². The molecule has 110 valence electrons. The third-order valence-corrected chi connectivity index (χ3v) is 2.47. The Hall–Kier alpha value is -1.66. The van der Waals surface area contributed by atoms with Crippen molar-refractivity contribution in [2.45, 2.75) is 26.6 Å². The van der Waals surface area contributed by atoms with Crippen LogP contribution in [0, 0.1) is 11.6 Å². The summed E-state index contributed by atoms with van der Waals surface area (Å²) in [5.41, 5.74) is -0.327. The van der Waals surface area contributed by atoms with Crippen LogP contribution in [0.4, 0.5) is 8.78 Å². The molecule has 0 fully saturated rings. The van der Waals surface area contributed by atoms with E-state index in [1.807, 2.05) is 0 Å². The molecule has 0 aromatic heterocycles. The third kappa shape index (κ3) is 4.47. The Morgan fingerprint density at radius 3 is 2.25 bits per heavy atom. The number of halogens is 2. The van der Waals surface area contributed by atoms with Gasteiger partial charge in [0.25, 0.3) is 0 Å². The Balaban J connectivity index is 2.75. The van der Waals surface area contributed by atoms with Gasteiger partial charge in [-0.25, -0.2) is 8.78 Å². The molecule has 1 aromatic rings. The zero-order valence-corrected chi connectivity index (χ0v) is 11.3. The van der Waals surface area contributed by atoms with Crippen LogP contribution in [0.3, 0.4) is 0 Å². The summed E-state index contributed by atoms with van der Waals surface area (Å²) in [7, 11) is 0. The summed E-state index contributed by atoms with van der Waals surface area (Å²) in [6.45, 7) is 3.85. The van der Waals surface area contributed by atoms with E-state index in [0.717, 1.165) is 12.1 Å². The molecule has 0 saturated carbocycles. The summed E-state index contributed by atoms with van der Waals surface area (Å²) in [5.74, 6) is -3.11. The Labute approximate surface area is 115 Å². The molecule has 0 atom stereocenters. The van der Waals surface area contributed by atoms with E-state index >= 15 is 0 Å². The Morgan fingerprint density at radius 2 is 1.75 bits per heavy atom. The van der Waals surface area contributed by atoms with Crippen molar-refractivity contribution in [1.82, 2.24) is 0 Å². The summed E-state index contributed by atoms with van der Waals surface area (Å²) in [5, 5.41) is 0. The van der Waals surface area contributed by atoms with Crippen LogP contribution in [0.5, 0.6) is 0 Å². The molecule has 1 rings (SSSR count). The number of benzene rings is 1. The van der Waals surface area contributed by atoms with Crippen molar-refractivity contribution < 1.29 is 27.8 Å². The number of hydrogen-bond acceptors (Lipinski definition) is 4. The lowest BCUT2D eigenvalue weighted by Gasteiger charge is -2.15. The monoisotopic (exact) mass is 286 g/mol. The number of hydrogen-bond donors (Lipinski definition) is 0. The van der Waals surface area contributed by atoms with Gasteiger partial charge in [-0.1, -0.05) is 0 Å². The first-order valence-corrected chi connectivity index (χ1v) is 6.23. The summed E-state index contributed by atoms with van der Waals surface area (Å²) in [4.78, 5) is 23.6. The van der Waals surface area contributed by atoms with Crippen LogP contribution in [0.15, 0.2) is 18.2 Å². The van der Waals surface area contributed by atoms with Crippen molar-refractivity contribution in [2.24, 2.45) is 0 Å². The maximum atomic E-state index is 13.4. The molecule has 6 heteroatoms. The molecule has 0 aliphatic rings. The molecule has 0 amide bonds. The minimum atomic E-state index is -1.14. The van der Waals surface area contributed by atoms with E-state index in [2.05, 4.69) is 0 Å². The van der Waals surface area contributed by atoms with E-state index in [1.165, 1.54) is 0 Å². The van der Waals surface area contributed by atoms with Gasteiger partial charge in [-0.2, -0.15) is 0 Å². The average molecular weight is 286 g/mol. The highest BCUT2D eigenvalue weighted by molar-refractivity contribution is 6.08. The van der Waals surface area contributed by atoms with E-state index in [-0.39, 0.29) is 18.8 Å². The van der Waals surface area contributed by atoms with Crippen molar-refractivity contribution >= 4 is 11.6 Å². The topological polar surface area (TPSA) is 52.6 Å². The van der Waals surface area contributed by atoms with Gasteiger partial charge in [0.1, 0.15) is 11.6 Å². The maximum absolute atomic E-state index is 13.4. The fourth-order valence-corrected chi connectivity index (χ4v) is 1.59. The number of Topliss-reactive ketones (excluding diaryl/α,β-unsaturated/α-hetero) is 2. The highest BCUT2D eigenvalue weighted by Crippen LogP contribution is 2.13. The van der Waals surface area contributed by atoms with Gasteiger partial charge in [-0.3, -0.25) is 9.59 Å². The van der Waals surface area contributed by atoms with Gasteiger partial charge in [0.2, 0.25) is 6.29 Å². The maximum Gasteiger partial charge on any atom is 0.218 e. The van der Waals surface area contributed by atoms with E-state index < -0.39 is 35.9 Å². The molecule has 0 unspecified atom stereocenters. The van der Waals surface area contributed by atoms with Crippen LogP contribution in [0.2, 0.25) is 0 Å². The van der Waals surface area contributed by atoms with Gasteiger partial charge in [0.05, 0.1) is 12.0 Å². The van der Waals surface area contributed by atoms with Crippen LogP contribution in [-0.2, 0) is 14.3 Å². The minimum absolute atomic E-state index is 0.246. The van der Waals surface area contributed by atoms with Crippen LogP contribution < -0.4 is 0 Å². The molecule has 0 spiro atoms. The summed E-state index contributed by atoms with van der Waals surface area (Å²) in [6.07, 6.45) is -1.70. The Bertz CT molecular complexity index is 482. The normalized spacial score (nSPS) is 10.8. The first-order valence-electron chi connectivity index (χ1n) is 6.23.